The normalized spacial score (nSPS) is 15.7. The Morgan fingerprint density at radius 3 is 2.62 bits per heavy atom. The second-order valence-corrected chi connectivity index (χ2v) is 5.91. The van der Waals surface area contributed by atoms with Crippen LogP contribution in [0.25, 0.3) is 10.9 Å². The number of piperazine rings is 1. The highest BCUT2D eigenvalue weighted by Gasteiger charge is 2.20. The Morgan fingerprint density at radius 1 is 1.25 bits per heavy atom. The van der Waals surface area contributed by atoms with Crippen LogP contribution in [0.1, 0.15) is 17.4 Å². The Hall–Kier alpha value is -2.41. The van der Waals surface area contributed by atoms with E-state index in [0.29, 0.717) is 11.2 Å². The van der Waals surface area contributed by atoms with E-state index >= 15 is 0 Å². The van der Waals surface area contributed by atoms with Crippen molar-refractivity contribution >= 4 is 22.6 Å². The van der Waals surface area contributed by atoms with Gasteiger partial charge in [-0.2, -0.15) is 0 Å². The summed E-state index contributed by atoms with van der Waals surface area (Å²) >= 11 is 0. The zero-order chi connectivity index (χ0) is 17.3. The molecule has 1 fully saturated rings. The maximum absolute atomic E-state index is 14.0. The average molecular weight is 333 g/mol. The molecule has 0 spiro atoms. The summed E-state index contributed by atoms with van der Waals surface area (Å²) in [7, 11) is 2.03. The number of fused-ring (bicyclic) bond motifs is 1. The van der Waals surface area contributed by atoms with E-state index in [1.807, 2.05) is 11.9 Å². The van der Waals surface area contributed by atoms with Crippen LogP contribution in [-0.2, 0) is 4.74 Å². The molecule has 128 valence electrons. The molecule has 2 heterocycles. The van der Waals surface area contributed by atoms with E-state index in [1.54, 1.807) is 6.92 Å². The van der Waals surface area contributed by atoms with Gasteiger partial charge in [0, 0.05) is 32.2 Å². The van der Waals surface area contributed by atoms with E-state index in [9.17, 15) is 14.0 Å². The van der Waals surface area contributed by atoms with Gasteiger partial charge in [0.05, 0.1) is 23.2 Å². The Balaban J connectivity index is 2.13. The first-order valence-corrected chi connectivity index (χ1v) is 7.96. The highest BCUT2D eigenvalue weighted by Crippen LogP contribution is 2.26. The molecule has 1 N–H and O–H groups in total. The second kappa shape index (κ2) is 6.60. The maximum atomic E-state index is 14.0. The first-order valence-electron chi connectivity index (χ1n) is 7.96. The molecule has 1 aromatic heterocycles. The third-order valence-corrected chi connectivity index (χ3v) is 4.22. The van der Waals surface area contributed by atoms with Crippen LogP contribution in [0.5, 0.6) is 0 Å². The summed E-state index contributed by atoms with van der Waals surface area (Å²) in [5.74, 6) is -1.06. The summed E-state index contributed by atoms with van der Waals surface area (Å²) in [5.41, 5.74) is 0.746. The lowest BCUT2D eigenvalue weighted by Crippen LogP contribution is -2.44. The summed E-state index contributed by atoms with van der Waals surface area (Å²) in [5, 5.41) is 0.233. The molecule has 0 unspecified atom stereocenters. The smallest absolute Gasteiger partial charge is 0.354 e. The molecule has 0 aliphatic carbocycles. The van der Waals surface area contributed by atoms with Gasteiger partial charge in [-0.3, -0.25) is 4.79 Å². The number of hydrogen-bond donors (Lipinski definition) is 1. The number of hydrogen-bond acceptors (Lipinski definition) is 5. The number of aromatic amines is 1. The van der Waals surface area contributed by atoms with Gasteiger partial charge < -0.3 is 19.5 Å². The summed E-state index contributed by atoms with van der Waals surface area (Å²) in [6, 6.07) is 3.76. The number of likely N-dealkylation sites (N-methyl/N-ethyl adjacent to an activating group) is 1. The third-order valence-electron chi connectivity index (χ3n) is 4.22. The number of pyridine rings is 1. The number of carbonyl (C=O) groups excluding carboxylic acids is 1. The minimum Gasteiger partial charge on any atom is -0.461 e. The molecular formula is C17H20FN3O3. The Morgan fingerprint density at radius 2 is 1.96 bits per heavy atom. The third kappa shape index (κ3) is 3.12. The summed E-state index contributed by atoms with van der Waals surface area (Å²) in [6.07, 6.45) is 0. The van der Waals surface area contributed by atoms with Crippen LogP contribution in [0, 0.1) is 5.82 Å². The van der Waals surface area contributed by atoms with Crippen molar-refractivity contribution in [3.8, 4) is 0 Å². The number of ether oxygens (including phenoxy) is 1. The minimum atomic E-state index is -0.592. The predicted molar refractivity (Wildman–Crippen MR) is 90.2 cm³/mol. The first-order chi connectivity index (χ1) is 11.5. The molecule has 0 saturated carbocycles. The second-order valence-electron chi connectivity index (χ2n) is 5.91. The van der Waals surface area contributed by atoms with Gasteiger partial charge >= 0.3 is 5.97 Å². The topological polar surface area (TPSA) is 65.6 Å². The van der Waals surface area contributed by atoms with E-state index in [-0.39, 0.29) is 17.7 Å². The van der Waals surface area contributed by atoms with Crippen molar-refractivity contribution < 1.29 is 13.9 Å². The molecule has 3 rings (SSSR count). The molecule has 24 heavy (non-hydrogen) atoms. The zero-order valence-electron chi connectivity index (χ0n) is 13.8. The number of carbonyl (C=O) groups is 1. The molecular weight excluding hydrogens is 313 g/mol. The van der Waals surface area contributed by atoms with Crippen LogP contribution in [0.2, 0.25) is 0 Å². The van der Waals surface area contributed by atoms with E-state index in [1.165, 1.54) is 12.1 Å². The van der Waals surface area contributed by atoms with Crippen LogP contribution >= 0.6 is 0 Å². The van der Waals surface area contributed by atoms with Crippen LogP contribution < -0.4 is 10.3 Å². The number of H-pyrrole nitrogens is 1. The van der Waals surface area contributed by atoms with Gasteiger partial charge in [-0.05, 0) is 26.1 Å². The van der Waals surface area contributed by atoms with Crippen LogP contribution in [-0.4, -0.2) is 55.7 Å². The van der Waals surface area contributed by atoms with Crippen molar-refractivity contribution in [1.29, 1.82) is 0 Å². The number of benzene rings is 1. The fourth-order valence-corrected chi connectivity index (χ4v) is 2.91. The van der Waals surface area contributed by atoms with E-state index in [4.69, 9.17) is 4.74 Å². The fraction of sp³-hybridized carbons (Fsp3) is 0.412. The summed E-state index contributed by atoms with van der Waals surface area (Å²) in [6.45, 7) is 5.05. The van der Waals surface area contributed by atoms with Crippen molar-refractivity contribution in [2.24, 2.45) is 0 Å². The number of anilines is 1. The van der Waals surface area contributed by atoms with E-state index in [2.05, 4.69) is 9.88 Å². The van der Waals surface area contributed by atoms with Crippen molar-refractivity contribution in [2.45, 2.75) is 6.92 Å². The van der Waals surface area contributed by atoms with E-state index in [0.717, 1.165) is 32.2 Å². The predicted octanol–water partition coefficient (Wildman–Crippen LogP) is 1.60. The lowest BCUT2D eigenvalue weighted by atomic mass is 10.1. The fourth-order valence-electron chi connectivity index (χ4n) is 2.91. The van der Waals surface area contributed by atoms with Crippen LogP contribution in [0.3, 0.4) is 0 Å². The van der Waals surface area contributed by atoms with Crippen LogP contribution in [0.15, 0.2) is 23.0 Å². The van der Waals surface area contributed by atoms with Crippen LogP contribution in [0.4, 0.5) is 10.1 Å². The standard InChI is InChI=1S/C17H20FN3O3/c1-3-24-17(23)13-10-15(22)12-8-11(18)9-14(16(12)19-13)21-6-4-20(2)5-7-21/h8-10H,3-7H2,1-2H3,(H,19,22). The lowest BCUT2D eigenvalue weighted by molar-refractivity contribution is 0.0520. The highest BCUT2D eigenvalue weighted by atomic mass is 19.1. The maximum Gasteiger partial charge on any atom is 0.354 e. The van der Waals surface area contributed by atoms with Gasteiger partial charge in [-0.25, -0.2) is 9.18 Å². The number of nitrogens with one attached hydrogen (secondary N) is 1. The zero-order valence-corrected chi connectivity index (χ0v) is 13.8. The van der Waals surface area contributed by atoms with Gasteiger partial charge in [-0.1, -0.05) is 0 Å². The minimum absolute atomic E-state index is 0.0799. The van der Waals surface area contributed by atoms with E-state index < -0.39 is 17.2 Å². The molecule has 0 amide bonds. The summed E-state index contributed by atoms with van der Waals surface area (Å²) < 4.78 is 19.0. The Labute approximate surface area is 138 Å². The van der Waals surface area contributed by atoms with Crippen molar-refractivity contribution in [2.75, 3.05) is 44.7 Å². The Kier molecular flexibility index (Phi) is 4.53. The number of esters is 1. The largest absolute Gasteiger partial charge is 0.461 e. The molecule has 1 aliphatic rings. The van der Waals surface area contributed by atoms with Crippen molar-refractivity contribution in [3.63, 3.8) is 0 Å². The quantitative estimate of drug-likeness (QED) is 0.864. The number of nitrogens with zero attached hydrogens (tertiary/aromatic N) is 2. The number of halogens is 1. The van der Waals surface area contributed by atoms with Gasteiger partial charge in [0.2, 0.25) is 0 Å². The molecule has 1 saturated heterocycles. The SMILES string of the molecule is CCOC(=O)c1cc(=O)c2cc(F)cc(N3CCN(C)CC3)c2[nH]1. The molecule has 0 atom stereocenters. The molecule has 2 aromatic rings. The van der Waals surface area contributed by atoms with Gasteiger partial charge in [0.25, 0.3) is 0 Å². The number of aromatic nitrogens is 1. The average Bonchev–Trinajstić information content (AvgIpc) is 2.56. The van der Waals surface area contributed by atoms with Gasteiger partial charge in [-0.15, -0.1) is 0 Å². The number of rotatable bonds is 3. The lowest BCUT2D eigenvalue weighted by Gasteiger charge is -2.34. The van der Waals surface area contributed by atoms with Gasteiger partial charge in [0.15, 0.2) is 5.43 Å². The Bertz CT molecular complexity index is 826. The van der Waals surface area contributed by atoms with Gasteiger partial charge in [0.1, 0.15) is 11.5 Å². The monoisotopic (exact) mass is 333 g/mol. The molecule has 0 bridgehead atoms. The molecule has 1 aliphatic heterocycles. The molecule has 0 radical (unpaired) electrons. The highest BCUT2D eigenvalue weighted by molar-refractivity contribution is 5.95. The molecule has 7 heteroatoms. The van der Waals surface area contributed by atoms with Crippen molar-refractivity contribution in [1.82, 2.24) is 9.88 Å². The molecule has 6 nitrogen and oxygen atoms in total. The first kappa shape index (κ1) is 16.4. The summed E-state index contributed by atoms with van der Waals surface area (Å²) in [4.78, 5) is 31.4. The van der Waals surface area contributed by atoms with Crippen molar-refractivity contribution in [3.05, 3.63) is 39.9 Å². The molecule has 1 aromatic carbocycles.